The first kappa shape index (κ1) is 11.9. The molecule has 0 spiro atoms. The molecule has 0 aliphatic carbocycles. The van der Waals surface area contributed by atoms with Crippen LogP contribution in [0.25, 0.3) is 0 Å². The van der Waals surface area contributed by atoms with Gasteiger partial charge >= 0.3 is 0 Å². The zero-order chi connectivity index (χ0) is 10.9. The molecule has 0 aromatic rings. The summed E-state index contributed by atoms with van der Waals surface area (Å²) in [5, 5.41) is 1.15. The molecule has 0 bridgehead atoms. The Hall–Kier alpha value is 0.400. The first-order valence-electron chi connectivity index (χ1n) is 6.11. The summed E-state index contributed by atoms with van der Waals surface area (Å²) in [7, 11) is 2.28. The Labute approximate surface area is 102 Å². The molecular formula is C12H23BrN2. The number of hydrogen-bond donors (Lipinski definition) is 0. The third-order valence-corrected chi connectivity index (χ3v) is 5.45. The molecule has 2 unspecified atom stereocenters. The molecule has 2 aliphatic rings. The summed E-state index contributed by atoms with van der Waals surface area (Å²) >= 11 is 3.65. The van der Waals surface area contributed by atoms with E-state index in [4.69, 9.17) is 0 Å². The monoisotopic (exact) mass is 274 g/mol. The SMILES string of the molecule is CN1CCCC1CN1CCC(C)(CBr)C1. The van der Waals surface area contributed by atoms with Crippen molar-refractivity contribution in [1.29, 1.82) is 0 Å². The molecule has 2 atom stereocenters. The maximum absolute atomic E-state index is 3.65. The van der Waals surface area contributed by atoms with E-state index in [-0.39, 0.29) is 0 Å². The molecule has 3 heteroatoms. The number of hydrogen-bond acceptors (Lipinski definition) is 2. The smallest absolute Gasteiger partial charge is 0.0220 e. The quantitative estimate of drug-likeness (QED) is 0.728. The molecule has 0 aromatic heterocycles. The molecule has 15 heavy (non-hydrogen) atoms. The van der Waals surface area contributed by atoms with Gasteiger partial charge in [-0.15, -0.1) is 0 Å². The molecule has 2 saturated heterocycles. The zero-order valence-corrected chi connectivity index (χ0v) is 11.6. The summed E-state index contributed by atoms with van der Waals surface area (Å²) in [5.74, 6) is 0. The summed E-state index contributed by atoms with van der Waals surface area (Å²) < 4.78 is 0. The summed E-state index contributed by atoms with van der Waals surface area (Å²) in [6.45, 7) is 7.57. The van der Waals surface area contributed by atoms with Gasteiger partial charge in [-0.1, -0.05) is 22.9 Å². The van der Waals surface area contributed by atoms with Gasteiger partial charge in [0.15, 0.2) is 0 Å². The zero-order valence-electron chi connectivity index (χ0n) is 10.0. The lowest BCUT2D eigenvalue weighted by molar-refractivity contribution is 0.207. The summed E-state index contributed by atoms with van der Waals surface area (Å²) in [6, 6.07) is 0.822. The van der Waals surface area contributed by atoms with Crippen LogP contribution in [0.15, 0.2) is 0 Å². The Morgan fingerprint density at radius 3 is 2.73 bits per heavy atom. The van der Waals surface area contributed by atoms with E-state index in [1.54, 1.807) is 0 Å². The lowest BCUT2D eigenvalue weighted by Gasteiger charge is -2.27. The van der Waals surface area contributed by atoms with E-state index in [9.17, 15) is 0 Å². The molecule has 0 aromatic carbocycles. The second kappa shape index (κ2) is 4.72. The number of halogens is 1. The van der Waals surface area contributed by atoms with Crippen molar-refractivity contribution in [2.75, 3.05) is 38.6 Å². The Bertz CT molecular complexity index is 222. The predicted octanol–water partition coefficient (Wildman–Crippen LogP) is 2.19. The average Bonchev–Trinajstić information content (AvgIpc) is 2.77. The fourth-order valence-corrected chi connectivity index (χ4v) is 3.36. The van der Waals surface area contributed by atoms with Crippen LogP contribution in [0.4, 0.5) is 0 Å². The van der Waals surface area contributed by atoms with E-state index < -0.39 is 0 Å². The van der Waals surface area contributed by atoms with Crippen molar-refractivity contribution in [2.24, 2.45) is 5.41 Å². The fourth-order valence-electron chi connectivity index (χ4n) is 2.90. The first-order valence-corrected chi connectivity index (χ1v) is 7.24. The molecule has 2 heterocycles. The van der Waals surface area contributed by atoms with E-state index >= 15 is 0 Å². The van der Waals surface area contributed by atoms with Gasteiger partial charge < -0.3 is 9.80 Å². The maximum Gasteiger partial charge on any atom is 0.0220 e. The molecule has 88 valence electrons. The highest BCUT2D eigenvalue weighted by molar-refractivity contribution is 9.09. The third kappa shape index (κ3) is 2.75. The van der Waals surface area contributed by atoms with Crippen molar-refractivity contribution in [3.05, 3.63) is 0 Å². The van der Waals surface area contributed by atoms with Gasteiger partial charge in [-0.3, -0.25) is 0 Å². The van der Waals surface area contributed by atoms with Crippen molar-refractivity contribution < 1.29 is 0 Å². The molecule has 0 saturated carbocycles. The van der Waals surface area contributed by atoms with Crippen LogP contribution >= 0.6 is 15.9 Å². The van der Waals surface area contributed by atoms with Crippen molar-refractivity contribution in [3.8, 4) is 0 Å². The Balaban J connectivity index is 1.82. The second-order valence-corrected chi connectivity index (χ2v) is 6.27. The van der Waals surface area contributed by atoms with Crippen LogP contribution in [0.5, 0.6) is 0 Å². The van der Waals surface area contributed by atoms with Crippen molar-refractivity contribution in [3.63, 3.8) is 0 Å². The van der Waals surface area contributed by atoms with Crippen molar-refractivity contribution >= 4 is 15.9 Å². The van der Waals surface area contributed by atoms with E-state index in [0.29, 0.717) is 5.41 Å². The number of nitrogens with zero attached hydrogens (tertiary/aromatic N) is 2. The lowest BCUT2D eigenvalue weighted by atomic mass is 9.93. The van der Waals surface area contributed by atoms with E-state index in [0.717, 1.165) is 11.4 Å². The van der Waals surface area contributed by atoms with Crippen LogP contribution in [0, 0.1) is 5.41 Å². The van der Waals surface area contributed by atoms with Crippen LogP contribution in [0.1, 0.15) is 26.2 Å². The minimum absolute atomic E-state index is 0.525. The number of alkyl halides is 1. The van der Waals surface area contributed by atoms with E-state index in [2.05, 4.69) is 39.7 Å². The summed E-state index contributed by atoms with van der Waals surface area (Å²) in [4.78, 5) is 5.19. The third-order valence-electron chi connectivity index (χ3n) is 4.10. The van der Waals surface area contributed by atoms with Crippen molar-refractivity contribution in [1.82, 2.24) is 9.80 Å². The highest BCUT2D eigenvalue weighted by atomic mass is 79.9. The first-order chi connectivity index (χ1) is 7.13. The Morgan fingerprint density at radius 1 is 1.40 bits per heavy atom. The van der Waals surface area contributed by atoms with Gasteiger partial charge in [0, 0.05) is 24.5 Å². The number of likely N-dealkylation sites (tertiary alicyclic amines) is 2. The van der Waals surface area contributed by atoms with Gasteiger partial charge in [0.2, 0.25) is 0 Å². The number of likely N-dealkylation sites (N-methyl/N-ethyl adjacent to an activating group) is 1. The fraction of sp³-hybridized carbons (Fsp3) is 1.00. The van der Waals surface area contributed by atoms with Gasteiger partial charge in [-0.05, 0) is 44.8 Å². The van der Waals surface area contributed by atoms with E-state index in [1.807, 2.05) is 0 Å². The minimum Gasteiger partial charge on any atom is -0.302 e. The Morgan fingerprint density at radius 2 is 2.20 bits per heavy atom. The van der Waals surface area contributed by atoms with Crippen LogP contribution in [-0.4, -0.2) is 54.4 Å². The topological polar surface area (TPSA) is 6.48 Å². The molecule has 2 aliphatic heterocycles. The molecule has 2 rings (SSSR count). The minimum atomic E-state index is 0.525. The van der Waals surface area contributed by atoms with Gasteiger partial charge in [-0.25, -0.2) is 0 Å². The van der Waals surface area contributed by atoms with Crippen LogP contribution in [0.3, 0.4) is 0 Å². The molecular weight excluding hydrogens is 252 g/mol. The largest absolute Gasteiger partial charge is 0.302 e. The molecule has 2 fully saturated rings. The maximum atomic E-state index is 3.65. The van der Waals surface area contributed by atoms with Crippen molar-refractivity contribution in [2.45, 2.75) is 32.2 Å². The van der Waals surface area contributed by atoms with Gasteiger partial charge in [0.05, 0.1) is 0 Å². The summed E-state index contributed by atoms with van der Waals surface area (Å²) in [5.41, 5.74) is 0.525. The number of rotatable bonds is 3. The molecule has 0 N–H and O–H groups in total. The van der Waals surface area contributed by atoms with Gasteiger partial charge in [0.1, 0.15) is 0 Å². The Kier molecular flexibility index (Phi) is 3.74. The highest BCUT2D eigenvalue weighted by Gasteiger charge is 2.34. The molecule has 0 amide bonds. The molecule has 2 nitrogen and oxygen atoms in total. The van der Waals surface area contributed by atoms with E-state index in [1.165, 1.54) is 45.4 Å². The average molecular weight is 275 g/mol. The summed E-state index contributed by atoms with van der Waals surface area (Å²) in [6.07, 6.45) is 4.15. The predicted molar refractivity (Wildman–Crippen MR) is 68.6 cm³/mol. The molecule has 0 radical (unpaired) electrons. The normalized spacial score (nSPS) is 39.0. The van der Waals surface area contributed by atoms with Crippen LogP contribution < -0.4 is 0 Å². The van der Waals surface area contributed by atoms with Crippen LogP contribution in [-0.2, 0) is 0 Å². The lowest BCUT2D eigenvalue weighted by Crippen LogP contribution is -2.38. The highest BCUT2D eigenvalue weighted by Crippen LogP contribution is 2.32. The second-order valence-electron chi connectivity index (χ2n) is 5.71. The standard InChI is InChI=1S/C12H23BrN2/c1-12(9-13)5-7-15(10-12)8-11-4-3-6-14(11)2/h11H,3-10H2,1-2H3. The van der Waals surface area contributed by atoms with Gasteiger partial charge in [-0.2, -0.15) is 0 Å². The van der Waals surface area contributed by atoms with Gasteiger partial charge in [0.25, 0.3) is 0 Å². The van der Waals surface area contributed by atoms with Crippen LogP contribution in [0.2, 0.25) is 0 Å².